The first-order valence-corrected chi connectivity index (χ1v) is 12.0. The Balaban J connectivity index is 1.21. The predicted molar refractivity (Wildman–Crippen MR) is 129 cm³/mol. The number of thiazole rings is 1. The molecule has 35 heavy (non-hydrogen) atoms. The Bertz CT molecular complexity index is 1170. The van der Waals surface area contributed by atoms with E-state index in [9.17, 15) is 14.4 Å². The second kappa shape index (κ2) is 11.6. The molecule has 2 amide bonds. The van der Waals surface area contributed by atoms with Crippen LogP contribution in [-0.4, -0.2) is 54.4 Å². The van der Waals surface area contributed by atoms with E-state index in [2.05, 4.69) is 39.9 Å². The maximum Gasteiger partial charge on any atom is 0.407 e. The van der Waals surface area contributed by atoms with E-state index in [0.717, 1.165) is 22.3 Å². The Morgan fingerprint density at radius 2 is 1.66 bits per heavy atom. The van der Waals surface area contributed by atoms with Gasteiger partial charge in [0.1, 0.15) is 16.5 Å². The molecule has 182 valence electrons. The summed E-state index contributed by atoms with van der Waals surface area (Å²) >= 11 is 1.17. The number of benzene rings is 2. The van der Waals surface area contributed by atoms with Crippen LogP contribution < -0.4 is 10.6 Å². The van der Waals surface area contributed by atoms with Crippen molar-refractivity contribution in [3.63, 3.8) is 0 Å². The number of rotatable bonds is 11. The highest BCUT2D eigenvalue weighted by atomic mass is 32.1. The number of ether oxygens (including phenoxy) is 2. The van der Waals surface area contributed by atoms with Crippen LogP contribution in [0.2, 0.25) is 0 Å². The zero-order chi connectivity index (χ0) is 24.6. The summed E-state index contributed by atoms with van der Waals surface area (Å²) in [6.07, 6.45) is 0.814. The van der Waals surface area contributed by atoms with Crippen molar-refractivity contribution in [2.45, 2.75) is 18.9 Å². The van der Waals surface area contributed by atoms with Crippen molar-refractivity contribution in [1.82, 2.24) is 15.6 Å². The van der Waals surface area contributed by atoms with Crippen LogP contribution in [0.3, 0.4) is 0 Å². The van der Waals surface area contributed by atoms with Gasteiger partial charge in [0.25, 0.3) is 5.91 Å². The van der Waals surface area contributed by atoms with Crippen LogP contribution >= 0.6 is 11.3 Å². The van der Waals surface area contributed by atoms with Crippen LogP contribution in [-0.2, 0) is 20.8 Å². The molecule has 0 unspecified atom stereocenters. The smallest absolute Gasteiger partial charge is 0.407 e. The molecule has 0 fully saturated rings. The van der Waals surface area contributed by atoms with Gasteiger partial charge in [0.2, 0.25) is 0 Å². The standard InChI is InChI=1S/C25H25N3O6S/c29-23(30)9-11-33-12-10-26-24(31)21-13-27-22(35-21)14-28-25(32)34-15-20-18-7-3-1-5-16(18)17-6-2-4-8-19(17)20/h1-8,13,20H,9-12,14-15H2,(H,26,31)(H,28,32)(H,29,30). The van der Waals surface area contributed by atoms with Crippen molar-refractivity contribution in [2.24, 2.45) is 0 Å². The van der Waals surface area contributed by atoms with Gasteiger partial charge in [0, 0.05) is 12.5 Å². The fourth-order valence-electron chi connectivity index (χ4n) is 3.88. The molecule has 0 aliphatic heterocycles. The summed E-state index contributed by atoms with van der Waals surface area (Å²) in [4.78, 5) is 39.5. The molecule has 4 rings (SSSR count). The Labute approximate surface area is 206 Å². The summed E-state index contributed by atoms with van der Waals surface area (Å²) in [5, 5.41) is 14.5. The van der Waals surface area contributed by atoms with Crippen molar-refractivity contribution in [1.29, 1.82) is 0 Å². The van der Waals surface area contributed by atoms with Crippen molar-refractivity contribution in [2.75, 3.05) is 26.4 Å². The van der Waals surface area contributed by atoms with Gasteiger partial charge >= 0.3 is 12.1 Å². The van der Waals surface area contributed by atoms with Crippen molar-refractivity contribution < 1.29 is 29.0 Å². The number of carbonyl (C=O) groups is 3. The Morgan fingerprint density at radius 1 is 0.971 bits per heavy atom. The number of carboxylic acid groups (broad SMARTS) is 1. The van der Waals surface area contributed by atoms with Crippen LogP contribution in [0.15, 0.2) is 54.7 Å². The summed E-state index contributed by atoms with van der Waals surface area (Å²) < 4.78 is 10.6. The lowest BCUT2D eigenvalue weighted by molar-refractivity contribution is -0.138. The third-order valence-electron chi connectivity index (χ3n) is 5.50. The van der Waals surface area contributed by atoms with Crippen molar-refractivity contribution >= 4 is 29.3 Å². The maximum absolute atomic E-state index is 12.3. The average molecular weight is 496 g/mol. The van der Waals surface area contributed by atoms with Gasteiger partial charge in [0.05, 0.1) is 32.4 Å². The van der Waals surface area contributed by atoms with Gasteiger partial charge in [0.15, 0.2) is 0 Å². The maximum atomic E-state index is 12.3. The molecule has 0 saturated heterocycles. The van der Waals surface area contributed by atoms with Gasteiger partial charge in [-0.1, -0.05) is 48.5 Å². The van der Waals surface area contributed by atoms with Gasteiger partial charge < -0.3 is 25.2 Å². The minimum atomic E-state index is -0.932. The largest absolute Gasteiger partial charge is 0.481 e. The number of carbonyl (C=O) groups excluding carboxylic acids is 2. The second-order valence-electron chi connectivity index (χ2n) is 7.81. The fourth-order valence-corrected chi connectivity index (χ4v) is 4.65. The lowest BCUT2D eigenvalue weighted by atomic mass is 9.98. The highest BCUT2D eigenvalue weighted by Gasteiger charge is 2.29. The quantitative estimate of drug-likeness (QED) is 0.348. The lowest BCUT2D eigenvalue weighted by Gasteiger charge is -2.14. The summed E-state index contributed by atoms with van der Waals surface area (Å²) in [5.41, 5.74) is 4.61. The van der Waals surface area contributed by atoms with Gasteiger partial charge in [-0.15, -0.1) is 11.3 Å². The number of carboxylic acids is 1. The fraction of sp³-hybridized carbons (Fsp3) is 0.280. The number of hydrogen-bond donors (Lipinski definition) is 3. The molecule has 0 saturated carbocycles. The molecule has 9 nitrogen and oxygen atoms in total. The molecule has 3 N–H and O–H groups in total. The SMILES string of the molecule is O=C(O)CCOCCNC(=O)c1cnc(CNC(=O)OCC2c3ccccc3-c3ccccc32)s1. The Hall–Kier alpha value is -3.76. The molecule has 0 bridgehead atoms. The van der Waals surface area contributed by atoms with Crippen LogP contribution in [0.5, 0.6) is 0 Å². The van der Waals surface area contributed by atoms with E-state index in [1.54, 1.807) is 0 Å². The number of fused-ring (bicyclic) bond motifs is 3. The molecule has 1 aromatic heterocycles. The van der Waals surface area contributed by atoms with E-state index >= 15 is 0 Å². The van der Waals surface area contributed by atoms with Crippen LogP contribution in [0.25, 0.3) is 11.1 Å². The van der Waals surface area contributed by atoms with E-state index < -0.39 is 12.1 Å². The topological polar surface area (TPSA) is 127 Å². The third kappa shape index (κ3) is 6.23. The van der Waals surface area contributed by atoms with Crippen molar-refractivity contribution in [3.8, 4) is 11.1 Å². The Morgan fingerprint density at radius 3 is 2.34 bits per heavy atom. The van der Waals surface area contributed by atoms with E-state index in [1.165, 1.54) is 17.5 Å². The Kier molecular flexibility index (Phi) is 8.07. The summed E-state index contributed by atoms with van der Waals surface area (Å²) in [6, 6.07) is 16.3. The molecular formula is C25H25N3O6S. The van der Waals surface area contributed by atoms with Gasteiger partial charge in [-0.25, -0.2) is 9.78 Å². The first-order valence-electron chi connectivity index (χ1n) is 11.1. The van der Waals surface area contributed by atoms with Crippen LogP contribution in [0, 0.1) is 0 Å². The van der Waals surface area contributed by atoms with Crippen LogP contribution in [0.4, 0.5) is 4.79 Å². The zero-order valence-electron chi connectivity index (χ0n) is 18.9. The van der Waals surface area contributed by atoms with Crippen LogP contribution in [0.1, 0.15) is 38.1 Å². The second-order valence-corrected chi connectivity index (χ2v) is 8.92. The minimum Gasteiger partial charge on any atom is -0.481 e. The minimum absolute atomic E-state index is 0.0172. The van der Waals surface area contributed by atoms with Crippen molar-refractivity contribution in [3.05, 3.63) is 75.7 Å². The van der Waals surface area contributed by atoms with E-state index in [0.29, 0.717) is 9.88 Å². The van der Waals surface area contributed by atoms with E-state index in [1.807, 2.05) is 24.3 Å². The number of nitrogens with zero attached hydrogens (tertiary/aromatic N) is 1. The van der Waals surface area contributed by atoms with E-state index in [4.69, 9.17) is 14.6 Å². The monoisotopic (exact) mass is 495 g/mol. The van der Waals surface area contributed by atoms with Gasteiger partial charge in [-0.2, -0.15) is 0 Å². The number of nitrogens with one attached hydrogen (secondary N) is 2. The average Bonchev–Trinajstić information content (AvgIpc) is 3.46. The molecule has 0 radical (unpaired) electrons. The normalized spacial score (nSPS) is 12.0. The predicted octanol–water partition coefficient (Wildman–Crippen LogP) is 3.40. The third-order valence-corrected chi connectivity index (χ3v) is 6.49. The van der Waals surface area contributed by atoms with Gasteiger partial charge in [-0.3, -0.25) is 9.59 Å². The highest BCUT2D eigenvalue weighted by Crippen LogP contribution is 2.44. The summed E-state index contributed by atoms with van der Waals surface area (Å²) in [7, 11) is 0. The number of amides is 2. The first-order chi connectivity index (χ1) is 17.0. The first kappa shape index (κ1) is 24.4. The summed E-state index contributed by atoms with van der Waals surface area (Å²) in [5.74, 6) is -1.26. The molecule has 1 aliphatic carbocycles. The molecule has 1 heterocycles. The molecule has 10 heteroatoms. The number of aliphatic carboxylic acids is 1. The zero-order valence-corrected chi connectivity index (χ0v) is 19.7. The molecular weight excluding hydrogens is 470 g/mol. The highest BCUT2D eigenvalue weighted by molar-refractivity contribution is 7.13. The number of aromatic nitrogens is 1. The lowest BCUT2D eigenvalue weighted by Crippen LogP contribution is -2.27. The molecule has 0 spiro atoms. The number of alkyl carbamates (subject to hydrolysis) is 1. The molecule has 1 aliphatic rings. The van der Waals surface area contributed by atoms with Gasteiger partial charge in [-0.05, 0) is 22.3 Å². The number of hydrogen-bond acceptors (Lipinski definition) is 7. The molecule has 3 aromatic rings. The summed E-state index contributed by atoms with van der Waals surface area (Å²) in [6.45, 7) is 0.933. The van der Waals surface area contributed by atoms with E-state index in [-0.39, 0.29) is 51.2 Å². The molecule has 0 atom stereocenters. The molecule has 2 aromatic carbocycles.